The van der Waals surface area contributed by atoms with Crippen molar-refractivity contribution < 1.29 is 4.74 Å². The third-order valence-corrected chi connectivity index (χ3v) is 3.97. The lowest BCUT2D eigenvalue weighted by atomic mass is 10.2. The Labute approximate surface area is 144 Å². The quantitative estimate of drug-likeness (QED) is 0.685. The standard InChI is InChI=1S/C17H17Cl2N3O/c1-2-23-17-12(18)7-11(8-13(17)19)9-20-10-16-21-14-5-3-4-6-15(14)22-16/h3-8,20H,2,9-10H2,1H3,(H,21,22). The largest absolute Gasteiger partial charge is 0.491 e. The van der Waals surface area contributed by atoms with E-state index in [4.69, 9.17) is 27.9 Å². The van der Waals surface area contributed by atoms with Crippen molar-refractivity contribution in [1.82, 2.24) is 15.3 Å². The van der Waals surface area contributed by atoms with Crippen molar-refractivity contribution in [2.75, 3.05) is 6.61 Å². The number of imidazole rings is 1. The fraction of sp³-hybridized carbons (Fsp3) is 0.235. The predicted molar refractivity (Wildman–Crippen MR) is 94.3 cm³/mol. The lowest BCUT2D eigenvalue weighted by Gasteiger charge is -2.10. The first kappa shape index (κ1) is 16.1. The van der Waals surface area contributed by atoms with Crippen LogP contribution in [0.15, 0.2) is 36.4 Å². The van der Waals surface area contributed by atoms with Crippen molar-refractivity contribution in [3.8, 4) is 5.75 Å². The molecule has 0 amide bonds. The highest BCUT2D eigenvalue weighted by atomic mass is 35.5. The van der Waals surface area contributed by atoms with Gasteiger partial charge in [-0.05, 0) is 36.8 Å². The Bertz CT molecular complexity index is 760. The Balaban J connectivity index is 1.64. The Morgan fingerprint density at radius 1 is 1.13 bits per heavy atom. The van der Waals surface area contributed by atoms with E-state index < -0.39 is 0 Å². The van der Waals surface area contributed by atoms with Crippen LogP contribution in [0.5, 0.6) is 5.75 Å². The minimum Gasteiger partial charge on any atom is -0.491 e. The number of nitrogens with zero attached hydrogens (tertiary/aromatic N) is 1. The summed E-state index contributed by atoms with van der Waals surface area (Å²) in [6.07, 6.45) is 0. The van der Waals surface area contributed by atoms with Crippen LogP contribution in [0.25, 0.3) is 11.0 Å². The summed E-state index contributed by atoms with van der Waals surface area (Å²) in [4.78, 5) is 7.81. The lowest BCUT2D eigenvalue weighted by molar-refractivity contribution is 0.340. The molecule has 0 atom stereocenters. The lowest BCUT2D eigenvalue weighted by Crippen LogP contribution is -2.13. The van der Waals surface area contributed by atoms with E-state index in [1.165, 1.54) is 0 Å². The molecule has 0 aliphatic carbocycles. The number of hydrogen-bond acceptors (Lipinski definition) is 3. The van der Waals surface area contributed by atoms with Crippen LogP contribution in [0.4, 0.5) is 0 Å². The first-order valence-corrected chi connectivity index (χ1v) is 8.18. The van der Waals surface area contributed by atoms with E-state index in [0.29, 0.717) is 35.5 Å². The van der Waals surface area contributed by atoms with E-state index in [2.05, 4.69) is 15.3 Å². The summed E-state index contributed by atoms with van der Waals surface area (Å²) in [5.41, 5.74) is 3.01. The van der Waals surface area contributed by atoms with E-state index in [9.17, 15) is 0 Å². The fourth-order valence-electron chi connectivity index (χ4n) is 2.41. The van der Waals surface area contributed by atoms with Gasteiger partial charge in [0.1, 0.15) is 5.82 Å². The minimum atomic E-state index is 0.528. The summed E-state index contributed by atoms with van der Waals surface area (Å²) >= 11 is 12.4. The molecule has 0 aliphatic heterocycles. The topological polar surface area (TPSA) is 49.9 Å². The van der Waals surface area contributed by atoms with Gasteiger partial charge in [-0.1, -0.05) is 35.3 Å². The van der Waals surface area contributed by atoms with Crippen molar-refractivity contribution in [2.24, 2.45) is 0 Å². The number of H-pyrrole nitrogens is 1. The number of aromatic nitrogens is 2. The van der Waals surface area contributed by atoms with Crippen molar-refractivity contribution in [3.05, 3.63) is 57.8 Å². The maximum Gasteiger partial charge on any atom is 0.156 e. The van der Waals surface area contributed by atoms with E-state index >= 15 is 0 Å². The number of nitrogens with one attached hydrogen (secondary N) is 2. The highest BCUT2D eigenvalue weighted by Crippen LogP contribution is 2.34. The summed E-state index contributed by atoms with van der Waals surface area (Å²) in [6, 6.07) is 11.7. The van der Waals surface area contributed by atoms with Crippen LogP contribution in [0.1, 0.15) is 18.3 Å². The van der Waals surface area contributed by atoms with Crippen molar-refractivity contribution in [2.45, 2.75) is 20.0 Å². The molecule has 0 spiro atoms. The average molecular weight is 350 g/mol. The molecular weight excluding hydrogens is 333 g/mol. The summed E-state index contributed by atoms with van der Waals surface area (Å²) in [6.45, 7) is 3.71. The van der Waals surface area contributed by atoms with Crippen LogP contribution < -0.4 is 10.1 Å². The van der Waals surface area contributed by atoms with Gasteiger partial charge in [0.25, 0.3) is 0 Å². The van der Waals surface area contributed by atoms with Crippen LogP contribution in [-0.2, 0) is 13.1 Å². The molecule has 2 N–H and O–H groups in total. The van der Waals surface area contributed by atoms with Gasteiger partial charge in [-0.3, -0.25) is 0 Å². The first-order valence-electron chi connectivity index (χ1n) is 7.42. The zero-order chi connectivity index (χ0) is 16.2. The van der Waals surface area contributed by atoms with Gasteiger partial charge in [-0.2, -0.15) is 0 Å². The smallest absolute Gasteiger partial charge is 0.156 e. The second kappa shape index (κ2) is 7.21. The average Bonchev–Trinajstić information content (AvgIpc) is 2.93. The van der Waals surface area contributed by atoms with Crippen molar-refractivity contribution in [3.63, 3.8) is 0 Å². The maximum absolute atomic E-state index is 6.21. The van der Waals surface area contributed by atoms with Gasteiger partial charge in [-0.15, -0.1) is 0 Å². The number of fused-ring (bicyclic) bond motifs is 1. The normalized spacial score (nSPS) is 11.1. The van der Waals surface area contributed by atoms with Gasteiger partial charge in [0, 0.05) is 6.54 Å². The van der Waals surface area contributed by atoms with Gasteiger partial charge in [-0.25, -0.2) is 4.98 Å². The molecule has 120 valence electrons. The molecule has 4 nitrogen and oxygen atoms in total. The van der Waals surface area contributed by atoms with Gasteiger partial charge in [0.2, 0.25) is 0 Å². The number of halogens is 2. The molecule has 6 heteroatoms. The molecular formula is C17H17Cl2N3O. The highest BCUT2D eigenvalue weighted by molar-refractivity contribution is 6.37. The second-order valence-corrected chi connectivity index (χ2v) is 5.94. The third kappa shape index (κ3) is 3.78. The number of ether oxygens (including phenoxy) is 1. The molecule has 2 aromatic carbocycles. The first-order chi connectivity index (χ1) is 11.2. The number of benzene rings is 2. The summed E-state index contributed by atoms with van der Waals surface area (Å²) < 4.78 is 5.43. The van der Waals surface area contributed by atoms with Crippen LogP contribution in [0.2, 0.25) is 10.0 Å². The molecule has 1 aromatic heterocycles. The number of rotatable bonds is 6. The molecule has 0 unspecified atom stereocenters. The number of aromatic amines is 1. The maximum atomic E-state index is 6.21. The Morgan fingerprint density at radius 2 is 1.87 bits per heavy atom. The SMILES string of the molecule is CCOc1c(Cl)cc(CNCc2nc3ccccc3[nH]2)cc1Cl. The molecule has 0 saturated carbocycles. The molecule has 0 radical (unpaired) electrons. The summed E-state index contributed by atoms with van der Waals surface area (Å²) in [7, 11) is 0. The second-order valence-electron chi connectivity index (χ2n) is 5.13. The van der Waals surface area contributed by atoms with Gasteiger partial charge in [0.05, 0.1) is 34.2 Å². The van der Waals surface area contributed by atoms with Gasteiger partial charge < -0.3 is 15.0 Å². The zero-order valence-electron chi connectivity index (χ0n) is 12.7. The molecule has 3 rings (SSSR count). The molecule has 23 heavy (non-hydrogen) atoms. The molecule has 0 saturated heterocycles. The zero-order valence-corrected chi connectivity index (χ0v) is 14.2. The Kier molecular flexibility index (Phi) is 5.06. The van der Waals surface area contributed by atoms with E-state index in [1.54, 1.807) is 0 Å². The van der Waals surface area contributed by atoms with Crippen molar-refractivity contribution >= 4 is 34.2 Å². The van der Waals surface area contributed by atoms with Crippen LogP contribution in [-0.4, -0.2) is 16.6 Å². The summed E-state index contributed by atoms with van der Waals surface area (Å²) in [5, 5.41) is 4.39. The number of para-hydroxylation sites is 2. The monoisotopic (exact) mass is 349 g/mol. The van der Waals surface area contributed by atoms with Gasteiger partial charge >= 0.3 is 0 Å². The van der Waals surface area contributed by atoms with E-state index in [1.807, 2.05) is 43.3 Å². The van der Waals surface area contributed by atoms with Crippen LogP contribution >= 0.6 is 23.2 Å². The molecule has 0 fully saturated rings. The fourth-order valence-corrected chi connectivity index (χ4v) is 3.05. The minimum absolute atomic E-state index is 0.528. The van der Waals surface area contributed by atoms with Crippen LogP contribution in [0, 0.1) is 0 Å². The third-order valence-electron chi connectivity index (χ3n) is 3.41. The number of hydrogen-bond donors (Lipinski definition) is 2. The molecule has 3 aromatic rings. The molecule has 0 aliphatic rings. The summed E-state index contributed by atoms with van der Waals surface area (Å²) in [5.74, 6) is 1.44. The van der Waals surface area contributed by atoms with Crippen molar-refractivity contribution in [1.29, 1.82) is 0 Å². The van der Waals surface area contributed by atoms with E-state index in [-0.39, 0.29) is 0 Å². The molecule has 0 bridgehead atoms. The Morgan fingerprint density at radius 3 is 2.57 bits per heavy atom. The van der Waals surface area contributed by atoms with Gasteiger partial charge in [0.15, 0.2) is 5.75 Å². The van der Waals surface area contributed by atoms with Crippen LogP contribution in [0.3, 0.4) is 0 Å². The predicted octanol–water partition coefficient (Wildman–Crippen LogP) is 4.56. The van der Waals surface area contributed by atoms with E-state index in [0.717, 1.165) is 22.4 Å². The highest BCUT2D eigenvalue weighted by Gasteiger charge is 2.09. The Hall–Kier alpha value is -1.75. The molecule has 1 heterocycles.